The van der Waals surface area contributed by atoms with Crippen molar-refractivity contribution in [3.63, 3.8) is 0 Å². The smallest absolute Gasteiger partial charge is 0.327 e. The van der Waals surface area contributed by atoms with E-state index in [0.29, 0.717) is 0 Å². The van der Waals surface area contributed by atoms with E-state index in [1.165, 1.54) is 18.5 Å². The first-order chi connectivity index (χ1) is 10.5. The SMILES string of the molecule is CCCn1cc(-c2ccc(O)c(N3C=CNS3(=O)=O)c2)cn1. The highest BCUT2D eigenvalue weighted by molar-refractivity contribution is 7.91. The number of aromatic hydroxyl groups is 1. The predicted molar refractivity (Wildman–Crippen MR) is 83.3 cm³/mol. The maximum absolute atomic E-state index is 11.9. The monoisotopic (exact) mass is 320 g/mol. The Balaban J connectivity index is 2.01. The summed E-state index contributed by atoms with van der Waals surface area (Å²) in [5.74, 6) is -0.110. The Bertz CT molecular complexity index is 826. The number of rotatable bonds is 4. The van der Waals surface area contributed by atoms with Crippen LogP contribution in [0.2, 0.25) is 0 Å². The molecule has 0 bridgehead atoms. The Morgan fingerprint density at radius 1 is 1.32 bits per heavy atom. The fraction of sp³-hybridized carbons (Fsp3) is 0.214. The molecule has 8 heteroatoms. The van der Waals surface area contributed by atoms with Crippen molar-refractivity contribution in [3.8, 4) is 16.9 Å². The highest BCUT2D eigenvalue weighted by Crippen LogP contribution is 2.34. The maximum atomic E-state index is 11.9. The minimum absolute atomic E-state index is 0.110. The quantitative estimate of drug-likeness (QED) is 0.899. The van der Waals surface area contributed by atoms with Gasteiger partial charge in [0.15, 0.2) is 0 Å². The van der Waals surface area contributed by atoms with Crippen LogP contribution >= 0.6 is 0 Å². The third-order valence-corrected chi connectivity index (χ3v) is 4.59. The third kappa shape index (κ3) is 2.52. The van der Waals surface area contributed by atoms with E-state index in [1.807, 2.05) is 10.9 Å². The summed E-state index contributed by atoms with van der Waals surface area (Å²) in [6.45, 7) is 2.88. The first-order valence-corrected chi connectivity index (χ1v) is 8.29. The molecule has 0 unspecified atom stereocenters. The Kier molecular flexibility index (Phi) is 3.53. The van der Waals surface area contributed by atoms with E-state index < -0.39 is 10.2 Å². The number of nitrogens with zero attached hydrogens (tertiary/aromatic N) is 3. The lowest BCUT2D eigenvalue weighted by Crippen LogP contribution is -2.28. The number of phenolic OH excluding ortho intramolecular Hbond substituents is 1. The number of hydrogen-bond donors (Lipinski definition) is 2. The first-order valence-electron chi connectivity index (χ1n) is 6.85. The Morgan fingerprint density at radius 2 is 2.14 bits per heavy atom. The molecule has 2 aromatic rings. The molecular formula is C14H16N4O3S. The zero-order valence-corrected chi connectivity index (χ0v) is 12.8. The molecule has 7 nitrogen and oxygen atoms in total. The summed E-state index contributed by atoms with van der Waals surface area (Å²) in [6.07, 6.45) is 7.25. The van der Waals surface area contributed by atoms with Crippen LogP contribution in [0.15, 0.2) is 43.0 Å². The Morgan fingerprint density at radius 3 is 2.82 bits per heavy atom. The van der Waals surface area contributed by atoms with Crippen LogP contribution in [0, 0.1) is 0 Å². The van der Waals surface area contributed by atoms with Crippen molar-refractivity contribution in [2.75, 3.05) is 4.31 Å². The molecule has 0 saturated heterocycles. The van der Waals surface area contributed by atoms with Crippen LogP contribution in [-0.4, -0.2) is 23.3 Å². The van der Waals surface area contributed by atoms with Crippen LogP contribution in [0.3, 0.4) is 0 Å². The second kappa shape index (κ2) is 5.38. The zero-order valence-electron chi connectivity index (χ0n) is 12.0. The summed E-state index contributed by atoms with van der Waals surface area (Å²) in [5.41, 5.74) is 1.84. The first kappa shape index (κ1) is 14.5. The largest absolute Gasteiger partial charge is 0.506 e. The van der Waals surface area contributed by atoms with Gasteiger partial charge < -0.3 is 5.11 Å². The molecule has 0 amide bonds. The van der Waals surface area contributed by atoms with Gasteiger partial charge in [-0.2, -0.15) is 13.5 Å². The van der Waals surface area contributed by atoms with E-state index in [0.717, 1.165) is 28.4 Å². The molecule has 0 saturated carbocycles. The lowest BCUT2D eigenvalue weighted by molar-refractivity contribution is 0.476. The average Bonchev–Trinajstić information content (AvgIpc) is 3.06. The van der Waals surface area contributed by atoms with Gasteiger partial charge in [0.2, 0.25) is 0 Å². The molecule has 1 aliphatic rings. The van der Waals surface area contributed by atoms with Gasteiger partial charge in [-0.3, -0.25) is 9.40 Å². The van der Waals surface area contributed by atoms with Crippen LogP contribution < -0.4 is 9.03 Å². The van der Waals surface area contributed by atoms with Gasteiger partial charge in [0.25, 0.3) is 0 Å². The molecular weight excluding hydrogens is 304 g/mol. The number of hydrogen-bond acceptors (Lipinski definition) is 4. The number of phenols is 1. The van der Waals surface area contributed by atoms with Crippen molar-refractivity contribution in [3.05, 3.63) is 43.0 Å². The van der Waals surface area contributed by atoms with Crippen molar-refractivity contribution >= 4 is 15.9 Å². The van der Waals surface area contributed by atoms with E-state index in [4.69, 9.17) is 0 Å². The third-order valence-electron chi connectivity index (χ3n) is 3.32. The molecule has 0 aliphatic carbocycles. The van der Waals surface area contributed by atoms with Crippen LogP contribution in [0.25, 0.3) is 11.1 Å². The lowest BCUT2D eigenvalue weighted by atomic mass is 10.1. The normalized spacial score (nSPS) is 16.0. The van der Waals surface area contributed by atoms with Gasteiger partial charge in [0.05, 0.1) is 6.20 Å². The molecule has 1 aromatic heterocycles. The van der Waals surface area contributed by atoms with Gasteiger partial charge in [-0.25, -0.2) is 4.31 Å². The van der Waals surface area contributed by atoms with E-state index in [2.05, 4.69) is 16.7 Å². The molecule has 116 valence electrons. The van der Waals surface area contributed by atoms with Gasteiger partial charge in [0.1, 0.15) is 11.4 Å². The molecule has 0 spiro atoms. The highest BCUT2D eigenvalue weighted by atomic mass is 32.2. The van der Waals surface area contributed by atoms with E-state index in [9.17, 15) is 13.5 Å². The summed E-state index contributed by atoms with van der Waals surface area (Å²) in [7, 11) is -3.67. The summed E-state index contributed by atoms with van der Waals surface area (Å²) < 4.78 is 28.8. The number of aromatic nitrogens is 2. The number of aryl methyl sites for hydroxylation is 1. The van der Waals surface area contributed by atoms with Gasteiger partial charge in [0, 0.05) is 30.7 Å². The van der Waals surface area contributed by atoms with Crippen molar-refractivity contribution in [2.45, 2.75) is 19.9 Å². The van der Waals surface area contributed by atoms with Gasteiger partial charge in [-0.15, -0.1) is 0 Å². The molecule has 0 radical (unpaired) electrons. The molecule has 1 aromatic carbocycles. The molecule has 0 fully saturated rings. The van der Waals surface area contributed by atoms with Gasteiger partial charge >= 0.3 is 10.2 Å². The average molecular weight is 320 g/mol. The van der Waals surface area contributed by atoms with Crippen molar-refractivity contribution in [1.29, 1.82) is 0 Å². The summed E-state index contributed by atoms with van der Waals surface area (Å²) in [6, 6.07) is 4.83. The predicted octanol–water partition coefficient (Wildman–Crippen LogP) is 1.79. The van der Waals surface area contributed by atoms with Crippen molar-refractivity contribution < 1.29 is 13.5 Å². The lowest BCUT2D eigenvalue weighted by Gasteiger charge is -2.16. The number of benzene rings is 1. The number of nitrogens with one attached hydrogen (secondary N) is 1. The van der Waals surface area contributed by atoms with Gasteiger partial charge in [-0.1, -0.05) is 13.0 Å². The second-order valence-corrected chi connectivity index (χ2v) is 6.51. The van der Waals surface area contributed by atoms with E-state index in [1.54, 1.807) is 18.3 Å². The minimum atomic E-state index is -3.67. The van der Waals surface area contributed by atoms with Crippen LogP contribution in [0.1, 0.15) is 13.3 Å². The minimum Gasteiger partial charge on any atom is -0.506 e. The zero-order chi connectivity index (χ0) is 15.7. The summed E-state index contributed by atoms with van der Waals surface area (Å²) >= 11 is 0. The second-order valence-electron chi connectivity index (χ2n) is 4.93. The molecule has 1 aliphatic heterocycles. The number of anilines is 1. The Labute approximate surface area is 128 Å². The van der Waals surface area contributed by atoms with Crippen molar-refractivity contribution in [2.24, 2.45) is 0 Å². The van der Waals surface area contributed by atoms with Crippen molar-refractivity contribution in [1.82, 2.24) is 14.5 Å². The van der Waals surface area contributed by atoms with Crippen LogP contribution in [0.5, 0.6) is 5.75 Å². The molecule has 22 heavy (non-hydrogen) atoms. The standard InChI is InChI=1S/C14H16N4O3S/c1-2-6-17-10-12(9-15-17)11-3-4-14(19)13(8-11)18-7-5-16-22(18,20)21/h3-5,7-10,16,19H,2,6H2,1H3. The fourth-order valence-electron chi connectivity index (χ4n) is 2.27. The molecule has 3 rings (SSSR count). The van der Waals surface area contributed by atoms with Gasteiger partial charge in [-0.05, 0) is 24.1 Å². The molecule has 2 N–H and O–H groups in total. The van der Waals surface area contributed by atoms with Crippen LogP contribution in [-0.2, 0) is 16.8 Å². The molecule has 0 atom stereocenters. The van der Waals surface area contributed by atoms with Crippen LogP contribution in [0.4, 0.5) is 5.69 Å². The van der Waals surface area contributed by atoms with E-state index in [-0.39, 0.29) is 11.4 Å². The summed E-state index contributed by atoms with van der Waals surface area (Å²) in [4.78, 5) is 0. The highest BCUT2D eigenvalue weighted by Gasteiger charge is 2.26. The van der Waals surface area contributed by atoms with E-state index >= 15 is 0 Å². The fourth-order valence-corrected chi connectivity index (χ4v) is 3.25. The Hall–Kier alpha value is -2.48. The maximum Gasteiger partial charge on any atom is 0.327 e. The summed E-state index contributed by atoms with van der Waals surface area (Å²) in [5, 5.41) is 14.2. The topological polar surface area (TPSA) is 87.5 Å². The molecule has 2 heterocycles.